The van der Waals surface area contributed by atoms with E-state index in [-0.39, 0.29) is 16.3 Å². The standard InChI is InChI=1S/C12H19NO5S2/c1-13(9-6-10-18-2)20(16,17)12-8-5-4-7-11(12)19(3,14)15/h4-5,7-8H,6,9-10H2,1-3H3. The van der Waals surface area contributed by atoms with Gasteiger partial charge in [-0.05, 0) is 18.6 Å². The number of sulfone groups is 1. The zero-order valence-electron chi connectivity index (χ0n) is 11.7. The molecule has 0 saturated carbocycles. The molecule has 1 aromatic carbocycles. The summed E-state index contributed by atoms with van der Waals surface area (Å²) in [5.74, 6) is 0. The van der Waals surface area contributed by atoms with Gasteiger partial charge >= 0.3 is 0 Å². The lowest BCUT2D eigenvalue weighted by molar-refractivity contribution is 0.189. The summed E-state index contributed by atoms with van der Waals surface area (Å²) in [7, 11) is -4.48. The van der Waals surface area contributed by atoms with Gasteiger partial charge in [0.1, 0.15) is 4.90 Å². The summed E-state index contributed by atoms with van der Waals surface area (Å²) in [6.45, 7) is 0.696. The Bertz CT molecular complexity index is 652. The Morgan fingerprint density at radius 2 is 1.65 bits per heavy atom. The maximum atomic E-state index is 12.4. The molecular weight excluding hydrogens is 302 g/mol. The molecule has 0 amide bonds. The van der Waals surface area contributed by atoms with Crippen LogP contribution in [0.5, 0.6) is 0 Å². The minimum atomic E-state index is -3.83. The zero-order valence-corrected chi connectivity index (χ0v) is 13.4. The van der Waals surface area contributed by atoms with Crippen molar-refractivity contribution in [2.24, 2.45) is 0 Å². The number of nitrogens with zero attached hydrogens (tertiary/aromatic N) is 1. The van der Waals surface area contributed by atoms with Crippen molar-refractivity contribution in [3.63, 3.8) is 0 Å². The third-order valence-corrected chi connectivity index (χ3v) is 5.96. The van der Waals surface area contributed by atoms with Gasteiger partial charge in [-0.15, -0.1) is 0 Å². The van der Waals surface area contributed by atoms with E-state index >= 15 is 0 Å². The van der Waals surface area contributed by atoms with Crippen LogP contribution in [0.3, 0.4) is 0 Å². The van der Waals surface area contributed by atoms with Gasteiger partial charge in [0.15, 0.2) is 9.84 Å². The minimum absolute atomic E-state index is 0.182. The van der Waals surface area contributed by atoms with Gasteiger partial charge in [0.25, 0.3) is 0 Å². The Balaban J connectivity index is 3.17. The lowest BCUT2D eigenvalue weighted by atomic mass is 10.4. The lowest BCUT2D eigenvalue weighted by Gasteiger charge is -2.18. The average Bonchev–Trinajstić information content (AvgIpc) is 2.38. The van der Waals surface area contributed by atoms with Gasteiger partial charge in [-0.2, -0.15) is 0 Å². The lowest BCUT2D eigenvalue weighted by Crippen LogP contribution is -2.29. The minimum Gasteiger partial charge on any atom is -0.385 e. The zero-order chi connectivity index (χ0) is 15.4. The average molecular weight is 321 g/mol. The molecule has 0 heterocycles. The molecule has 0 aromatic heterocycles. The Morgan fingerprint density at radius 1 is 1.10 bits per heavy atom. The smallest absolute Gasteiger partial charge is 0.244 e. The van der Waals surface area contributed by atoms with Crippen molar-refractivity contribution in [3.05, 3.63) is 24.3 Å². The monoisotopic (exact) mass is 321 g/mol. The van der Waals surface area contributed by atoms with E-state index in [1.165, 1.54) is 38.4 Å². The Morgan fingerprint density at radius 3 is 2.15 bits per heavy atom. The molecule has 0 radical (unpaired) electrons. The van der Waals surface area contributed by atoms with Gasteiger partial charge in [-0.25, -0.2) is 21.1 Å². The highest BCUT2D eigenvalue weighted by atomic mass is 32.2. The largest absolute Gasteiger partial charge is 0.385 e. The summed E-state index contributed by atoms with van der Waals surface area (Å²) in [6.07, 6.45) is 1.53. The van der Waals surface area contributed by atoms with E-state index in [9.17, 15) is 16.8 Å². The van der Waals surface area contributed by atoms with Crippen LogP contribution in [-0.4, -0.2) is 54.7 Å². The second kappa shape index (κ2) is 6.66. The molecule has 1 aromatic rings. The second-order valence-corrected chi connectivity index (χ2v) is 8.39. The van der Waals surface area contributed by atoms with E-state index in [4.69, 9.17) is 4.74 Å². The topological polar surface area (TPSA) is 80.8 Å². The third kappa shape index (κ3) is 4.02. The van der Waals surface area contributed by atoms with Crippen molar-refractivity contribution in [2.75, 3.05) is 33.6 Å². The van der Waals surface area contributed by atoms with Crippen LogP contribution < -0.4 is 0 Å². The first-order chi connectivity index (χ1) is 9.21. The predicted octanol–water partition coefficient (Wildman–Crippen LogP) is 0.747. The third-order valence-electron chi connectivity index (χ3n) is 2.76. The molecular formula is C12H19NO5S2. The first kappa shape index (κ1) is 17.1. The molecule has 0 bridgehead atoms. The molecule has 0 atom stereocenters. The van der Waals surface area contributed by atoms with Gasteiger partial charge < -0.3 is 4.74 Å². The molecule has 0 fully saturated rings. The Kier molecular flexibility index (Phi) is 5.69. The summed E-state index contributed by atoms with van der Waals surface area (Å²) < 4.78 is 54.2. The summed E-state index contributed by atoms with van der Waals surface area (Å²) in [4.78, 5) is -0.374. The highest BCUT2D eigenvalue weighted by Crippen LogP contribution is 2.23. The number of methoxy groups -OCH3 is 1. The summed E-state index contributed by atoms with van der Waals surface area (Å²) >= 11 is 0. The van der Waals surface area contributed by atoms with Crippen molar-refractivity contribution in [2.45, 2.75) is 16.2 Å². The Hall–Kier alpha value is -0.960. The molecule has 0 aliphatic rings. The number of rotatable bonds is 7. The molecule has 8 heteroatoms. The van der Waals surface area contributed by atoms with E-state index in [1.807, 2.05) is 0 Å². The Labute approximate surface area is 120 Å². The molecule has 0 unspecified atom stereocenters. The predicted molar refractivity (Wildman–Crippen MR) is 75.9 cm³/mol. The molecule has 0 spiro atoms. The molecule has 0 aliphatic carbocycles. The highest BCUT2D eigenvalue weighted by Gasteiger charge is 2.26. The van der Waals surface area contributed by atoms with Crippen molar-refractivity contribution in [3.8, 4) is 0 Å². The van der Waals surface area contributed by atoms with Crippen LogP contribution in [-0.2, 0) is 24.6 Å². The van der Waals surface area contributed by atoms with Gasteiger partial charge in [0.2, 0.25) is 10.0 Å². The number of hydrogen-bond acceptors (Lipinski definition) is 5. The number of benzene rings is 1. The van der Waals surface area contributed by atoms with Crippen LogP contribution in [0, 0.1) is 0 Å². The first-order valence-electron chi connectivity index (χ1n) is 5.95. The van der Waals surface area contributed by atoms with Crippen LogP contribution >= 0.6 is 0 Å². The van der Waals surface area contributed by atoms with Crippen LogP contribution in [0.4, 0.5) is 0 Å². The summed E-state index contributed by atoms with van der Waals surface area (Å²) in [6, 6.07) is 5.61. The molecule has 114 valence electrons. The van der Waals surface area contributed by atoms with E-state index < -0.39 is 19.9 Å². The van der Waals surface area contributed by atoms with Crippen LogP contribution in [0.1, 0.15) is 6.42 Å². The van der Waals surface area contributed by atoms with E-state index in [2.05, 4.69) is 0 Å². The number of hydrogen-bond donors (Lipinski definition) is 0. The SMILES string of the molecule is COCCCN(C)S(=O)(=O)c1ccccc1S(C)(=O)=O. The second-order valence-electron chi connectivity index (χ2n) is 4.39. The van der Waals surface area contributed by atoms with Crippen molar-refractivity contribution in [1.29, 1.82) is 0 Å². The fraction of sp³-hybridized carbons (Fsp3) is 0.500. The molecule has 1 rings (SSSR count). The normalized spacial score (nSPS) is 12.8. The highest BCUT2D eigenvalue weighted by molar-refractivity contribution is 7.93. The van der Waals surface area contributed by atoms with E-state index in [0.29, 0.717) is 13.0 Å². The first-order valence-corrected chi connectivity index (χ1v) is 9.28. The maximum Gasteiger partial charge on any atom is 0.244 e. The van der Waals surface area contributed by atoms with Gasteiger partial charge in [0, 0.05) is 33.6 Å². The number of sulfonamides is 1. The quantitative estimate of drug-likeness (QED) is 0.692. The van der Waals surface area contributed by atoms with Crippen LogP contribution in [0.15, 0.2) is 34.1 Å². The molecule has 0 saturated heterocycles. The fourth-order valence-corrected chi connectivity index (χ4v) is 4.50. The molecule has 0 N–H and O–H groups in total. The maximum absolute atomic E-state index is 12.4. The summed E-state index contributed by atoms with van der Waals surface area (Å²) in [5.41, 5.74) is 0. The van der Waals surface area contributed by atoms with Crippen LogP contribution in [0.2, 0.25) is 0 Å². The number of ether oxygens (including phenoxy) is 1. The molecule has 0 aliphatic heterocycles. The molecule has 20 heavy (non-hydrogen) atoms. The molecule has 6 nitrogen and oxygen atoms in total. The van der Waals surface area contributed by atoms with Gasteiger partial charge in [-0.1, -0.05) is 12.1 Å². The van der Waals surface area contributed by atoms with Crippen molar-refractivity contribution >= 4 is 19.9 Å². The van der Waals surface area contributed by atoms with E-state index in [1.54, 1.807) is 0 Å². The van der Waals surface area contributed by atoms with Crippen LogP contribution in [0.25, 0.3) is 0 Å². The fourth-order valence-electron chi connectivity index (χ4n) is 1.69. The summed E-state index contributed by atoms with van der Waals surface area (Å²) in [5, 5.41) is 0. The van der Waals surface area contributed by atoms with Gasteiger partial charge in [-0.3, -0.25) is 0 Å². The van der Waals surface area contributed by atoms with Crippen molar-refractivity contribution < 1.29 is 21.6 Å². The van der Waals surface area contributed by atoms with Gasteiger partial charge in [0.05, 0.1) is 4.90 Å². The van der Waals surface area contributed by atoms with E-state index in [0.717, 1.165) is 10.6 Å². The van der Waals surface area contributed by atoms with Crippen molar-refractivity contribution in [1.82, 2.24) is 4.31 Å².